The van der Waals surface area contributed by atoms with E-state index < -0.39 is 0 Å². The lowest BCUT2D eigenvalue weighted by molar-refractivity contribution is 0.0782. The van der Waals surface area contributed by atoms with Crippen LogP contribution in [0.4, 0.5) is 11.6 Å². The summed E-state index contributed by atoms with van der Waals surface area (Å²) in [5, 5.41) is 3.86. The maximum Gasteiger partial charge on any atom is 0.258 e. The van der Waals surface area contributed by atoms with Crippen LogP contribution in [0.2, 0.25) is 10.0 Å². The number of aromatic nitrogens is 2. The van der Waals surface area contributed by atoms with Crippen molar-refractivity contribution < 1.29 is 14.3 Å². The van der Waals surface area contributed by atoms with Gasteiger partial charge in [0.1, 0.15) is 16.5 Å². The van der Waals surface area contributed by atoms with Gasteiger partial charge in [0.15, 0.2) is 0 Å². The van der Waals surface area contributed by atoms with Gasteiger partial charge in [0.2, 0.25) is 11.8 Å². The van der Waals surface area contributed by atoms with Crippen molar-refractivity contribution in [2.75, 3.05) is 19.5 Å². The first-order valence-electron chi connectivity index (χ1n) is 9.51. The summed E-state index contributed by atoms with van der Waals surface area (Å²) in [6.07, 6.45) is 1.42. The van der Waals surface area contributed by atoms with Gasteiger partial charge in [-0.05, 0) is 43.2 Å². The van der Waals surface area contributed by atoms with Crippen LogP contribution in [-0.2, 0) is 0 Å². The number of benzene rings is 2. The van der Waals surface area contributed by atoms with Gasteiger partial charge in [-0.15, -0.1) is 0 Å². The van der Waals surface area contributed by atoms with E-state index in [9.17, 15) is 4.79 Å². The van der Waals surface area contributed by atoms with E-state index in [-0.39, 0.29) is 28.8 Å². The third-order valence-electron chi connectivity index (χ3n) is 5.27. The van der Waals surface area contributed by atoms with E-state index in [1.54, 1.807) is 31.2 Å². The molecule has 7 nitrogen and oxygen atoms in total. The number of aryl methyl sites for hydroxylation is 1. The molecular weight excluding hydrogens is 439 g/mol. The Morgan fingerprint density at radius 1 is 1.16 bits per heavy atom. The van der Waals surface area contributed by atoms with Crippen molar-refractivity contribution in [1.29, 1.82) is 0 Å². The average Bonchev–Trinajstić information content (AvgIpc) is 2.98. The number of anilines is 2. The van der Waals surface area contributed by atoms with Crippen molar-refractivity contribution in [1.82, 2.24) is 14.9 Å². The molecule has 4 rings (SSSR count). The molecule has 2 aromatic carbocycles. The number of nitrogens with zero attached hydrogens (tertiary/aromatic N) is 3. The summed E-state index contributed by atoms with van der Waals surface area (Å²) >= 11 is 12.5. The molecule has 0 aliphatic carbocycles. The minimum absolute atomic E-state index is 0.0390. The lowest BCUT2D eigenvalue weighted by Gasteiger charge is -2.14. The summed E-state index contributed by atoms with van der Waals surface area (Å²) in [6, 6.07) is 8.98. The highest BCUT2D eigenvalue weighted by Crippen LogP contribution is 2.40. The molecule has 9 heteroatoms. The zero-order chi connectivity index (χ0) is 22.3. The average molecular weight is 459 g/mol. The van der Waals surface area contributed by atoms with Crippen molar-refractivity contribution >= 4 is 40.7 Å². The second-order valence-electron chi connectivity index (χ2n) is 7.19. The first-order chi connectivity index (χ1) is 14.8. The quantitative estimate of drug-likeness (QED) is 0.521. The Hall–Kier alpha value is -3.03. The Balaban J connectivity index is 1.67. The third kappa shape index (κ3) is 3.86. The largest absolute Gasteiger partial charge is 0.495 e. The minimum atomic E-state index is -0.110. The second-order valence-corrected chi connectivity index (χ2v) is 8.00. The normalized spacial score (nSPS) is 15.1. The molecule has 3 aromatic rings. The molecular formula is C22H20Cl2N4O3. The number of amides is 1. The zero-order valence-corrected chi connectivity index (χ0v) is 18.9. The van der Waals surface area contributed by atoms with Crippen LogP contribution in [-0.4, -0.2) is 34.9 Å². The molecule has 0 radical (unpaired) electrons. The van der Waals surface area contributed by atoms with Crippen LogP contribution in [0.3, 0.4) is 0 Å². The maximum atomic E-state index is 12.7. The van der Waals surface area contributed by atoms with E-state index >= 15 is 0 Å². The van der Waals surface area contributed by atoms with Gasteiger partial charge in [-0.1, -0.05) is 35.3 Å². The number of hydrogen-bond donors (Lipinski definition) is 1. The van der Waals surface area contributed by atoms with Crippen LogP contribution >= 0.6 is 23.2 Å². The first kappa shape index (κ1) is 21.2. The Morgan fingerprint density at radius 3 is 2.68 bits per heavy atom. The highest BCUT2D eigenvalue weighted by atomic mass is 35.5. The molecule has 1 unspecified atom stereocenters. The SMILES string of the molecule is COc1cc(C)c(Cl)cc1Nc1ncc(Cl)c(Oc2cccc3c2C(=O)N(C)C3C)n1. The molecule has 1 aromatic heterocycles. The molecule has 0 saturated heterocycles. The minimum Gasteiger partial charge on any atom is -0.495 e. The van der Waals surface area contributed by atoms with Crippen molar-refractivity contribution in [3.05, 3.63) is 63.3 Å². The molecule has 160 valence electrons. The molecule has 0 spiro atoms. The summed E-state index contributed by atoms with van der Waals surface area (Å²) in [5.74, 6) is 1.23. The van der Waals surface area contributed by atoms with Crippen LogP contribution in [0.15, 0.2) is 36.5 Å². The van der Waals surface area contributed by atoms with Gasteiger partial charge < -0.3 is 19.7 Å². The van der Waals surface area contributed by atoms with Crippen LogP contribution in [0.5, 0.6) is 17.4 Å². The molecule has 0 bridgehead atoms. The molecule has 1 aliphatic rings. The number of hydrogen-bond acceptors (Lipinski definition) is 6. The first-order valence-corrected chi connectivity index (χ1v) is 10.3. The van der Waals surface area contributed by atoms with Crippen molar-refractivity contribution in [2.24, 2.45) is 0 Å². The van der Waals surface area contributed by atoms with Crippen LogP contribution in [0.1, 0.15) is 34.5 Å². The highest BCUT2D eigenvalue weighted by molar-refractivity contribution is 6.32. The van der Waals surface area contributed by atoms with Crippen molar-refractivity contribution in [2.45, 2.75) is 19.9 Å². The molecule has 31 heavy (non-hydrogen) atoms. The fourth-order valence-corrected chi connectivity index (χ4v) is 3.69. The number of rotatable bonds is 5. The smallest absolute Gasteiger partial charge is 0.258 e. The molecule has 0 fully saturated rings. The van der Waals surface area contributed by atoms with E-state index in [1.165, 1.54) is 6.20 Å². The Morgan fingerprint density at radius 2 is 1.94 bits per heavy atom. The van der Waals surface area contributed by atoms with Gasteiger partial charge >= 0.3 is 0 Å². The zero-order valence-electron chi connectivity index (χ0n) is 17.4. The lowest BCUT2D eigenvalue weighted by atomic mass is 10.1. The highest BCUT2D eigenvalue weighted by Gasteiger charge is 2.34. The van der Waals surface area contributed by atoms with Gasteiger partial charge in [0.05, 0.1) is 30.6 Å². The topological polar surface area (TPSA) is 76.6 Å². The Bertz CT molecular complexity index is 1190. The molecule has 1 atom stereocenters. The maximum absolute atomic E-state index is 12.7. The fraction of sp³-hybridized carbons (Fsp3) is 0.227. The monoisotopic (exact) mass is 458 g/mol. The predicted octanol–water partition coefficient (Wildman–Crippen LogP) is 5.78. The van der Waals surface area contributed by atoms with E-state index in [1.807, 2.05) is 32.0 Å². The van der Waals surface area contributed by atoms with E-state index in [4.69, 9.17) is 32.7 Å². The van der Waals surface area contributed by atoms with Gasteiger partial charge in [-0.25, -0.2) is 4.98 Å². The van der Waals surface area contributed by atoms with Gasteiger partial charge in [-0.3, -0.25) is 4.79 Å². The fourth-order valence-electron chi connectivity index (χ4n) is 3.40. The van der Waals surface area contributed by atoms with Gasteiger partial charge in [0, 0.05) is 12.1 Å². The number of methoxy groups -OCH3 is 1. The Kier molecular flexibility index (Phi) is 5.64. The van der Waals surface area contributed by atoms with Crippen LogP contribution in [0, 0.1) is 6.92 Å². The van der Waals surface area contributed by atoms with E-state index in [2.05, 4.69) is 15.3 Å². The molecule has 1 aliphatic heterocycles. The summed E-state index contributed by atoms with van der Waals surface area (Å²) in [6.45, 7) is 3.85. The van der Waals surface area contributed by atoms with Crippen LogP contribution in [0.25, 0.3) is 0 Å². The van der Waals surface area contributed by atoms with Gasteiger partial charge in [-0.2, -0.15) is 4.98 Å². The van der Waals surface area contributed by atoms with E-state index in [0.29, 0.717) is 27.8 Å². The number of carbonyl (C=O) groups excluding carboxylic acids is 1. The third-order valence-corrected chi connectivity index (χ3v) is 5.94. The Labute approximate surface area is 189 Å². The second kappa shape index (κ2) is 8.24. The summed E-state index contributed by atoms with van der Waals surface area (Å²) in [7, 11) is 3.33. The number of fused-ring (bicyclic) bond motifs is 1. The van der Waals surface area contributed by atoms with Crippen LogP contribution < -0.4 is 14.8 Å². The van der Waals surface area contributed by atoms with Crippen molar-refractivity contribution in [3.63, 3.8) is 0 Å². The standard InChI is InChI=1S/C22H20Cl2N4O3/c1-11-8-18(30-4)16(9-14(11)23)26-22-25-10-15(24)20(27-22)31-17-7-5-6-13-12(2)28(3)21(29)19(13)17/h5-10,12H,1-4H3,(H,25,26,27). The molecule has 0 saturated carbocycles. The molecule has 1 N–H and O–H groups in total. The number of halogens is 2. The van der Waals surface area contributed by atoms with Gasteiger partial charge in [0.25, 0.3) is 5.91 Å². The summed E-state index contributed by atoms with van der Waals surface area (Å²) in [5.41, 5.74) is 2.88. The number of carbonyl (C=O) groups is 1. The summed E-state index contributed by atoms with van der Waals surface area (Å²) in [4.78, 5) is 22.9. The van der Waals surface area contributed by atoms with E-state index in [0.717, 1.165) is 11.1 Å². The van der Waals surface area contributed by atoms with Crippen molar-refractivity contribution in [3.8, 4) is 17.4 Å². The molecule has 2 heterocycles. The predicted molar refractivity (Wildman–Crippen MR) is 120 cm³/mol. The summed E-state index contributed by atoms with van der Waals surface area (Å²) < 4.78 is 11.4. The number of ether oxygens (including phenoxy) is 2. The number of nitrogens with one attached hydrogen (secondary N) is 1. The molecule has 1 amide bonds. The lowest BCUT2D eigenvalue weighted by Crippen LogP contribution is -2.21.